The summed E-state index contributed by atoms with van der Waals surface area (Å²) >= 11 is 5.19. The predicted octanol–water partition coefficient (Wildman–Crippen LogP) is 1.70. The molecule has 0 saturated carbocycles. The lowest BCUT2D eigenvalue weighted by Crippen LogP contribution is -2.28. The van der Waals surface area contributed by atoms with E-state index in [-0.39, 0.29) is 5.84 Å². The fourth-order valence-electron chi connectivity index (χ4n) is 1.62. The van der Waals surface area contributed by atoms with Gasteiger partial charge in [0.1, 0.15) is 5.69 Å². The Balaban J connectivity index is 2.01. The summed E-state index contributed by atoms with van der Waals surface area (Å²) in [5, 5.41) is 7.42. The number of nitrogens with two attached hydrogens (primary N) is 1. The van der Waals surface area contributed by atoms with Crippen molar-refractivity contribution in [3.63, 3.8) is 0 Å². The quantitative estimate of drug-likeness (QED) is 0.346. The van der Waals surface area contributed by atoms with E-state index in [2.05, 4.69) is 25.8 Å². The van der Waals surface area contributed by atoms with Crippen LogP contribution in [0, 0.1) is 13.8 Å². The molecule has 21 heavy (non-hydrogen) atoms. The smallest absolute Gasteiger partial charge is 0.191 e. The first-order valence-electron chi connectivity index (χ1n) is 6.30. The van der Waals surface area contributed by atoms with Gasteiger partial charge in [-0.15, -0.1) is 0 Å². The Morgan fingerprint density at radius 1 is 1.29 bits per heavy atom. The van der Waals surface area contributed by atoms with E-state index in [1.807, 2.05) is 32.0 Å². The molecule has 1 heterocycles. The Bertz CT molecular complexity index is 668. The molecule has 0 aliphatic carbocycles. The fourth-order valence-corrected chi connectivity index (χ4v) is 1.78. The average Bonchev–Trinajstić information content (AvgIpc) is 2.49. The lowest BCUT2D eigenvalue weighted by molar-refractivity contribution is 1.02. The van der Waals surface area contributed by atoms with Crippen molar-refractivity contribution in [1.29, 1.82) is 0 Å². The molecule has 0 aliphatic rings. The molecule has 0 bridgehead atoms. The zero-order chi connectivity index (χ0) is 15.2. The summed E-state index contributed by atoms with van der Waals surface area (Å²) < 4.78 is 0. The number of anilines is 1. The van der Waals surface area contributed by atoms with Crippen LogP contribution >= 0.6 is 12.2 Å². The van der Waals surface area contributed by atoms with Crippen molar-refractivity contribution < 1.29 is 0 Å². The van der Waals surface area contributed by atoms with Gasteiger partial charge in [-0.3, -0.25) is 10.4 Å². The van der Waals surface area contributed by atoms with Crippen LogP contribution in [0.2, 0.25) is 0 Å². The minimum absolute atomic E-state index is 0.216. The van der Waals surface area contributed by atoms with E-state index in [0.717, 1.165) is 16.8 Å². The molecule has 0 amide bonds. The van der Waals surface area contributed by atoms with Crippen LogP contribution in [0.15, 0.2) is 41.9 Å². The highest BCUT2D eigenvalue weighted by Crippen LogP contribution is 2.15. The lowest BCUT2D eigenvalue weighted by Gasteiger charge is -2.11. The second-order valence-electron chi connectivity index (χ2n) is 4.47. The predicted molar refractivity (Wildman–Crippen MR) is 88.0 cm³/mol. The molecule has 0 fully saturated rings. The molecule has 0 radical (unpaired) electrons. The van der Waals surface area contributed by atoms with E-state index in [1.165, 1.54) is 6.20 Å². The number of rotatable bonds is 3. The number of hydrogen-bond acceptors (Lipinski definition) is 4. The lowest BCUT2D eigenvalue weighted by atomic mass is 10.1. The van der Waals surface area contributed by atoms with Crippen LogP contribution in [0.1, 0.15) is 16.8 Å². The molecule has 1 aromatic heterocycles. The summed E-state index contributed by atoms with van der Waals surface area (Å²) in [7, 11) is 0. The second kappa shape index (κ2) is 6.76. The van der Waals surface area contributed by atoms with E-state index >= 15 is 0 Å². The number of aromatic nitrogens is 2. The Morgan fingerprint density at radius 3 is 2.81 bits per heavy atom. The maximum Gasteiger partial charge on any atom is 0.191 e. The first-order chi connectivity index (χ1) is 10.1. The summed E-state index contributed by atoms with van der Waals surface area (Å²) in [5.74, 6) is 0.216. The first-order valence-corrected chi connectivity index (χ1v) is 6.71. The van der Waals surface area contributed by atoms with E-state index in [1.54, 1.807) is 12.4 Å². The van der Waals surface area contributed by atoms with Crippen molar-refractivity contribution >= 4 is 28.9 Å². The number of amidine groups is 1. The van der Waals surface area contributed by atoms with Gasteiger partial charge in [0.25, 0.3) is 0 Å². The highest BCUT2D eigenvalue weighted by atomic mass is 32.1. The molecule has 0 spiro atoms. The van der Waals surface area contributed by atoms with Gasteiger partial charge in [-0.2, -0.15) is 5.10 Å². The fraction of sp³-hybridized carbons (Fsp3) is 0.143. The molecule has 0 atom stereocenters. The molecule has 0 aliphatic heterocycles. The number of thiocarbonyl (C=S) groups is 1. The maximum absolute atomic E-state index is 5.79. The van der Waals surface area contributed by atoms with Crippen molar-refractivity contribution in [1.82, 2.24) is 15.4 Å². The summed E-state index contributed by atoms with van der Waals surface area (Å²) in [6.07, 6.45) is 4.64. The van der Waals surface area contributed by atoms with E-state index in [4.69, 9.17) is 18.0 Å². The monoisotopic (exact) mass is 300 g/mol. The van der Waals surface area contributed by atoms with Gasteiger partial charge in [-0.1, -0.05) is 12.1 Å². The zero-order valence-corrected chi connectivity index (χ0v) is 12.6. The molecule has 2 aromatic rings. The molecule has 0 saturated heterocycles. The Labute approximate surface area is 128 Å². The van der Waals surface area contributed by atoms with Gasteiger partial charge in [-0.05, 0) is 43.3 Å². The molecule has 108 valence electrons. The number of nitrogens with one attached hydrogen (secondary N) is 2. The molecule has 2 rings (SSSR count). The van der Waals surface area contributed by atoms with Gasteiger partial charge in [0, 0.05) is 18.1 Å². The standard InChI is InChI=1S/C14H16N6S/c1-9-3-4-10(2)11(7-9)18-14(21)20-19-13(15)12-8-16-5-6-17-12/h3-8H,1-2H3,(H2,15,19)(H2,18,20,21). The third kappa shape index (κ3) is 4.22. The molecule has 0 unspecified atom stereocenters. The molecular formula is C14H16N6S. The highest BCUT2D eigenvalue weighted by molar-refractivity contribution is 7.80. The van der Waals surface area contributed by atoms with Crippen molar-refractivity contribution in [2.45, 2.75) is 13.8 Å². The number of hydrazone groups is 1. The zero-order valence-electron chi connectivity index (χ0n) is 11.8. The summed E-state index contributed by atoms with van der Waals surface area (Å²) in [4.78, 5) is 7.97. The Kier molecular flexibility index (Phi) is 4.78. The maximum atomic E-state index is 5.79. The van der Waals surface area contributed by atoms with Crippen LogP contribution in [-0.4, -0.2) is 20.9 Å². The van der Waals surface area contributed by atoms with E-state index < -0.39 is 0 Å². The van der Waals surface area contributed by atoms with Gasteiger partial charge >= 0.3 is 0 Å². The van der Waals surface area contributed by atoms with Crippen molar-refractivity contribution in [3.05, 3.63) is 53.6 Å². The van der Waals surface area contributed by atoms with Crippen molar-refractivity contribution in [2.24, 2.45) is 10.8 Å². The summed E-state index contributed by atoms with van der Waals surface area (Å²) in [5.41, 5.74) is 12.1. The van der Waals surface area contributed by atoms with Crippen molar-refractivity contribution in [3.8, 4) is 0 Å². The molecular weight excluding hydrogens is 284 g/mol. The topological polar surface area (TPSA) is 88.2 Å². The Hall–Kier alpha value is -2.54. The van der Waals surface area contributed by atoms with E-state index in [9.17, 15) is 0 Å². The molecule has 7 heteroatoms. The summed E-state index contributed by atoms with van der Waals surface area (Å²) in [6.45, 7) is 4.02. The van der Waals surface area contributed by atoms with Gasteiger partial charge in [0.15, 0.2) is 10.9 Å². The third-order valence-corrected chi connectivity index (χ3v) is 2.94. The molecule has 4 N–H and O–H groups in total. The first kappa shape index (κ1) is 14.9. The summed E-state index contributed by atoms with van der Waals surface area (Å²) in [6, 6.07) is 6.08. The minimum atomic E-state index is 0.216. The van der Waals surface area contributed by atoms with Crippen LogP contribution < -0.4 is 16.5 Å². The largest absolute Gasteiger partial charge is 0.380 e. The highest BCUT2D eigenvalue weighted by Gasteiger charge is 2.03. The van der Waals surface area contributed by atoms with Crippen LogP contribution in [0.5, 0.6) is 0 Å². The average molecular weight is 300 g/mol. The normalized spacial score (nSPS) is 11.0. The molecule has 6 nitrogen and oxygen atoms in total. The van der Waals surface area contributed by atoms with Crippen molar-refractivity contribution in [2.75, 3.05) is 5.32 Å². The van der Waals surface area contributed by atoms with Crippen LogP contribution in [-0.2, 0) is 0 Å². The van der Waals surface area contributed by atoms with Gasteiger partial charge in [0.05, 0.1) is 6.20 Å². The third-order valence-electron chi connectivity index (χ3n) is 2.74. The Morgan fingerprint density at radius 2 is 2.10 bits per heavy atom. The number of benzene rings is 1. The van der Waals surface area contributed by atoms with Crippen LogP contribution in [0.3, 0.4) is 0 Å². The van der Waals surface area contributed by atoms with E-state index in [0.29, 0.717) is 10.8 Å². The van der Waals surface area contributed by atoms with Crippen LogP contribution in [0.25, 0.3) is 0 Å². The van der Waals surface area contributed by atoms with Crippen LogP contribution in [0.4, 0.5) is 5.69 Å². The SMILES string of the molecule is Cc1ccc(C)c(NC(=S)N/N=C(\N)c2cnccn2)c1. The minimum Gasteiger partial charge on any atom is -0.380 e. The number of nitrogens with zero attached hydrogens (tertiary/aromatic N) is 3. The number of hydrogen-bond donors (Lipinski definition) is 3. The van der Waals surface area contributed by atoms with Gasteiger partial charge in [-0.25, -0.2) is 4.98 Å². The number of aryl methyl sites for hydroxylation is 2. The van der Waals surface area contributed by atoms with Gasteiger partial charge in [0.2, 0.25) is 0 Å². The second-order valence-corrected chi connectivity index (χ2v) is 4.88. The van der Waals surface area contributed by atoms with Gasteiger partial charge < -0.3 is 11.1 Å². The molecule has 1 aromatic carbocycles.